The maximum Gasteiger partial charge on any atom is 0.338 e. The number of aliphatic hydroxyl groups is 2. The summed E-state index contributed by atoms with van der Waals surface area (Å²) in [6.07, 6.45) is -3.43. The molecular weight excluding hydrogens is 271 g/mol. The second-order valence-electron chi connectivity index (χ2n) is 4.07. The van der Waals surface area contributed by atoms with Gasteiger partial charge in [-0.3, -0.25) is 4.79 Å². The van der Waals surface area contributed by atoms with Gasteiger partial charge in [0.2, 0.25) is 0 Å². The van der Waals surface area contributed by atoms with Gasteiger partial charge in [0.25, 0.3) is 0 Å². The normalized spacial score (nSPS) is 13.6. The van der Waals surface area contributed by atoms with E-state index in [0.29, 0.717) is 0 Å². The van der Waals surface area contributed by atoms with Crippen molar-refractivity contribution in [2.75, 3.05) is 6.61 Å². The van der Waals surface area contributed by atoms with E-state index in [-0.39, 0.29) is 12.2 Å². The van der Waals surface area contributed by atoms with Gasteiger partial charge in [0.05, 0.1) is 24.7 Å². The van der Waals surface area contributed by atoms with Crippen LogP contribution < -0.4 is 0 Å². The maximum absolute atomic E-state index is 13.4. The summed E-state index contributed by atoms with van der Waals surface area (Å²) in [4.78, 5) is 21.8. The number of carbonyl (C=O) groups is 2. The molecule has 0 saturated heterocycles. The third-order valence-corrected chi connectivity index (χ3v) is 2.61. The second-order valence-corrected chi connectivity index (χ2v) is 4.07. The first kappa shape index (κ1) is 16.1. The van der Waals surface area contributed by atoms with Gasteiger partial charge in [0.15, 0.2) is 0 Å². The van der Waals surface area contributed by atoms with Crippen LogP contribution in [0.2, 0.25) is 0 Å². The van der Waals surface area contributed by atoms with Gasteiger partial charge in [-0.05, 0) is 24.6 Å². The largest absolute Gasteiger partial charge is 0.478 e. The molecule has 110 valence electrons. The molecule has 1 aromatic rings. The van der Waals surface area contributed by atoms with E-state index in [1.165, 1.54) is 6.07 Å². The molecule has 0 saturated carbocycles. The van der Waals surface area contributed by atoms with E-state index in [1.807, 2.05) is 0 Å². The third-order valence-electron chi connectivity index (χ3n) is 2.61. The number of aliphatic hydroxyl groups excluding tert-OH is 2. The van der Waals surface area contributed by atoms with E-state index in [4.69, 9.17) is 5.11 Å². The fourth-order valence-corrected chi connectivity index (χ4v) is 1.61. The van der Waals surface area contributed by atoms with E-state index in [1.54, 1.807) is 6.92 Å². The second kappa shape index (κ2) is 6.97. The number of ether oxygens (including phenoxy) is 1. The lowest BCUT2D eigenvalue weighted by atomic mass is 10.0. The van der Waals surface area contributed by atoms with E-state index < -0.39 is 41.9 Å². The molecule has 1 rings (SSSR count). The zero-order valence-electron chi connectivity index (χ0n) is 10.7. The highest BCUT2D eigenvalue weighted by atomic mass is 19.1. The zero-order chi connectivity index (χ0) is 15.3. The average Bonchev–Trinajstić information content (AvgIpc) is 2.37. The molecule has 7 heteroatoms. The van der Waals surface area contributed by atoms with Crippen molar-refractivity contribution in [3.05, 3.63) is 35.1 Å². The number of aromatic carboxylic acids is 1. The highest BCUT2D eigenvalue weighted by Gasteiger charge is 2.23. The number of carboxylic acid groups (broad SMARTS) is 1. The van der Waals surface area contributed by atoms with Crippen molar-refractivity contribution >= 4 is 11.9 Å². The molecule has 2 atom stereocenters. The molecule has 0 heterocycles. The number of hydrogen-bond acceptors (Lipinski definition) is 5. The van der Waals surface area contributed by atoms with Crippen molar-refractivity contribution in [1.82, 2.24) is 0 Å². The molecule has 20 heavy (non-hydrogen) atoms. The molecule has 2 unspecified atom stereocenters. The number of benzene rings is 1. The van der Waals surface area contributed by atoms with Gasteiger partial charge in [-0.15, -0.1) is 0 Å². The van der Waals surface area contributed by atoms with E-state index in [2.05, 4.69) is 4.74 Å². The summed E-state index contributed by atoms with van der Waals surface area (Å²) in [6.45, 7) is 1.74. The Labute approximate surface area is 114 Å². The van der Waals surface area contributed by atoms with Gasteiger partial charge in [-0.25, -0.2) is 9.18 Å². The van der Waals surface area contributed by atoms with Crippen LogP contribution in [0.3, 0.4) is 0 Å². The van der Waals surface area contributed by atoms with E-state index in [9.17, 15) is 24.2 Å². The Kier molecular flexibility index (Phi) is 5.60. The summed E-state index contributed by atoms with van der Waals surface area (Å²) in [5, 5.41) is 28.1. The smallest absolute Gasteiger partial charge is 0.338 e. The molecule has 6 nitrogen and oxygen atoms in total. The molecule has 0 bridgehead atoms. The van der Waals surface area contributed by atoms with Crippen molar-refractivity contribution in [3.8, 4) is 0 Å². The average molecular weight is 286 g/mol. The summed E-state index contributed by atoms with van der Waals surface area (Å²) >= 11 is 0. The monoisotopic (exact) mass is 286 g/mol. The number of esters is 1. The SMILES string of the molecule is CCOC(=O)CC(O)C(O)c1ccc(C(=O)O)c(F)c1. The van der Waals surface area contributed by atoms with E-state index >= 15 is 0 Å². The minimum Gasteiger partial charge on any atom is -0.478 e. The summed E-state index contributed by atoms with van der Waals surface area (Å²) in [5.74, 6) is -3.16. The molecule has 0 amide bonds. The van der Waals surface area contributed by atoms with Crippen LogP contribution >= 0.6 is 0 Å². The molecule has 0 fully saturated rings. The third kappa shape index (κ3) is 4.01. The summed E-state index contributed by atoms with van der Waals surface area (Å²) in [7, 11) is 0. The Balaban J connectivity index is 2.81. The first-order chi connectivity index (χ1) is 9.36. The van der Waals surface area contributed by atoms with Crippen LogP contribution in [-0.2, 0) is 9.53 Å². The van der Waals surface area contributed by atoms with Crippen LogP contribution in [0.15, 0.2) is 18.2 Å². The van der Waals surface area contributed by atoms with Crippen molar-refractivity contribution in [2.45, 2.75) is 25.6 Å². The van der Waals surface area contributed by atoms with Crippen LogP contribution in [0.5, 0.6) is 0 Å². The molecule has 0 aliphatic carbocycles. The lowest BCUT2D eigenvalue weighted by Gasteiger charge is -2.17. The molecule has 1 aromatic carbocycles. The Morgan fingerprint density at radius 3 is 2.50 bits per heavy atom. The Hall–Kier alpha value is -1.99. The van der Waals surface area contributed by atoms with Crippen LogP contribution in [0.4, 0.5) is 4.39 Å². The quantitative estimate of drug-likeness (QED) is 0.670. The van der Waals surface area contributed by atoms with Crippen molar-refractivity contribution < 1.29 is 34.0 Å². The van der Waals surface area contributed by atoms with Gasteiger partial charge >= 0.3 is 11.9 Å². The van der Waals surface area contributed by atoms with Crippen LogP contribution in [0.1, 0.15) is 35.4 Å². The standard InChI is InChI=1S/C13H15FO6/c1-2-20-11(16)6-10(15)12(17)7-3-4-8(13(18)19)9(14)5-7/h3-5,10,12,15,17H,2,6H2,1H3,(H,18,19). The predicted molar refractivity (Wildman–Crippen MR) is 65.6 cm³/mol. The predicted octanol–water partition coefficient (Wildman–Crippen LogP) is 0.871. The maximum atomic E-state index is 13.4. The van der Waals surface area contributed by atoms with Gasteiger partial charge < -0.3 is 20.1 Å². The molecule has 0 aliphatic rings. The van der Waals surface area contributed by atoms with Crippen LogP contribution in [0, 0.1) is 5.82 Å². The first-order valence-electron chi connectivity index (χ1n) is 5.91. The minimum absolute atomic E-state index is 0.0238. The molecule has 0 aliphatic heterocycles. The number of carboxylic acids is 1. The zero-order valence-corrected chi connectivity index (χ0v) is 10.7. The molecule has 0 aromatic heterocycles. The lowest BCUT2D eigenvalue weighted by Crippen LogP contribution is -2.23. The van der Waals surface area contributed by atoms with Gasteiger partial charge in [-0.2, -0.15) is 0 Å². The Bertz CT molecular complexity index is 502. The minimum atomic E-state index is -1.52. The number of hydrogen-bond donors (Lipinski definition) is 3. The molecular formula is C13H15FO6. The van der Waals surface area contributed by atoms with Crippen molar-refractivity contribution in [2.24, 2.45) is 0 Å². The highest BCUT2D eigenvalue weighted by Crippen LogP contribution is 2.21. The summed E-state index contributed by atoms with van der Waals surface area (Å²) < 4.78 is 18.1. The Morgan fingerprint density at radius 2 is 2.00 bits per heavy atom. The number of halogens is 1. The van der Waals surface area contributed by atoms with Crippen LogP contribution in [0.25, 0.3) is 0 Å². The number of carbonyl (C=O) groups excluding carboxylic acids is 1. The van der Waals surface area contributed by atoms with Crippen molar-refractivity contribution in [1.29, 1.82) is 0 Å². The first-order valence-corrected chi connectivity index (χ1v) is 5.91. The highest BCUT2D eigenvalue weighted by molar-refractivity contribution is 5.87. The molecule has 0 radical (unpaired) electrons. The van der Waals surface area contributed by atoms with Gasteiger partial charge in [-0.1, -0.05) is 6.07 Å². The summed E-state index contributed by atoms with van der Waals surface area (Å²) in [6, 6.07) is 2.96. The summed E-state index contributed by atoms with van der Waals surface area (Å²) in [5.41, 5.74) is -0.565. The van der Waals surface area contributed by atoms with Crippen LogP contribution in [-0.4, -0.2) is 40.0 Å². The Morgan fingerprint density at radius 1 is 1.35 bits per heavy atom. The fraction of sp³-hybridized carbons (Fsp3) is 0.385. The fourth-order valence-electron chi connectivity index (χ4n) is 1.61. The van der Waals surface area contributed by atoms with Gasteiger partial charge in [0, 0.05) is 0 Å². The molecule has 0 spiro atoms. The van der Waals surface area contributed by atoms with E-state index in [0.717, 1.165) is 12.1 Å². The van der Waals surface area contributed by atoms with Crippen molar-refractivity contribution in [3.63, 3.8) is 0 Å². The number of rotatable bonds is 6. The lowest BCUT2D eigenvalue weighted by molar-refractivity contribution is -0.147. The topological polar surface area (TPSA) is 104 Å². The molecule has 3 N–H and O–H groups in total. The van der Waals surface area contributed by atoms with Gasteiger partial charge in [0.1, 0.15) is 11.9 Å².